The van der Waals surface area contributed by atoms with Crippen molar-refractivity contribution in [3.05, 3.63) is 59.7 Å². The summed E-state index contributed by atoms with van der Waals surface area (Å²) in [5, 5.41) is 3.15. The van der Waals surface area contributed by atoms with Gasteiger partial charge in [0.15, 0.2) is 0 Å². The molecule has 2 aromatic carbocycles. The minimum Gasteiger partial charge on any atom is -0.385 e. The molecule has 0 radical (unpaired) electrons. The minimum absolute atomic E-state index is 0.312. The van der Waals surface area contributed by atoms with Crippen molar-refractivity contribution in [3.8, 4) is 0 Å². The number of rotatable bonds is 5. The van der Waals surface area contributed by atoms with E-state index in [1.165, 1.54) is 12.1 Å². The Balaban J connectivity index is 1.97. The van der Waals surface area contributed by atoms with E-state index in [1.807, 2.05) is 43.3 Å². The van der Waals surface area contributed by atoms with Crippen LogP contribution in [-0.4, -0.2) is 20.6 Å². The summed E-state index contributed by atoms with van der Waals surface area (Å²) in [6.07, 6.45) is -3.98. The van der Waals surface area contributed by atoms with Gasteiger partial charge in [0.1, 0.15) is 0 Å². The zero-order valence-corrected chi connectivity index (χ0v) is 12.6. The molecule has 0 aromatic heterocycles. The predicted octanol–water partition coefficient (Wildman–Crippen LogP) is 4.43. The average molecular weight is 308 g/mol. The summed E-state index contributed by atoms with van der Waals surface area (Å²) < 4.78 is 38.7. The highest BCUT2D eigenvalue weighted by Gasteiger charge is 2.32. The molecule has 0 heterocycles. The predicted molar refractivity (Wildman–Crippen MR) is 84.4 cm³/mol. The highest BCUT2D eigenvalue weighted by molar-refractivity contribution is 5.54. The van der Waals surface area contributed by atoms with Gasteiger partial charge in [0.2, 0.25) is 0 Å². The third-order valence-electron chi connectivity index (χ3n) is 3.43. The fourth-order valence-corrected chi connectivity index (χ4v) is 2.23. The minimum atomic E-state index is -4.30. The van der Waals surface area contributed by atoms with Gasteiger partial charge in [-0.1, -0.05) is 18.2 Å². The van der Waals surface area contributed by atoms with Crippen molar-refractivity contribution in [1.29, 1.82) is 0 Å². The van der Waals surface area contributed by atoms with Gasteiger partial charge in [-0.3, -0.25) is 0 Å². The number of halogens is 3. The first kappa shape index (κ1) is 16.2. The molecule has 0 atom stereocenters. The largest absolute Gasteiger partial charge is 0.416 e. The fourth-order valence-electron chi connectivity index (χ4n) is 2.23. The third kappa shape index (κ3) is 4.16. The van der Waals surface area contributed by atoms with Crippen LogP contribution in [0.3, 0.4) is 0 Å². The van der Waals surface area contributed by atoms with Crippen LogP contribution in [0.15, 0.2) is 48.5 Å². The van der Waals surface area contributed by atoms with Crippen molar-refractivity contribution in [3.63, 3.8) is 0 Å². The molecule has 0 bridgehead atoms. The molecule has 2 nitrogen and oxygen atoms in total. The Morgan fingerprint density at radius 1 is 0.955 bits per heavy atom. The van der Waals surface area contributed by atoms with Crippen LogP contribution in [-0.2, 0) is 12.6 Å². The first-order valence-corrected chi connectivity index (χ1v) is 7.04. The molecular weight excluding hydrogens is 289 g/mol. The van der Waals surface area contributed by atoms with E-state index >= 15 is 0 Å². The van der Waals surface area contributed by atoms with Crippen LogP contribution in [0.1, 0.15) is 11.1 Å². The maximum atomic E-state index is 12.9. The van der Waals surface area contributed by atoms with Crippen LogP contribution in [0.25, 0.3) is 0 Å². The molecule has 0 saturated carbocycles. The number of hydrogen-bond donors (Lipinski definition) is 1. The van der Waals surface area contributed by atoms with Gasteiger partial charge in [0, 0.05) is 32.0 Å². The quantitative estimate of drug-likeness (QED) is 0.879. The molecule has 22 heavy (non-hydrogen) atoms. The first-order chi connectivity index (χ1) is 10.4. The van der Waals surface area contributed by atoms with Gasteiger partial charge in [0.05, 0.1) is 5.56 Å². The number of benzene rings is 2. The van der Waals surface area contributed by atoms with E-state index in [1.54, 1.807) is 6.07 Å². The molecular formula is C17H19F3N2. The van der Waals surface area contributed by atoms with E-state index < -0.39 is 11.7 Å². The summed E-state index contributed by atoms with van der Waals surface area (Å²) in [6, 6.07) is 13.5. The molecule has 0 fully saturated rings. The SMILES string of the molecule is CN(C)c1ccc(NCCc2ccccc2C(F)(F)F)cc1. The van der Waals surface area contributed by atoms with Crippen molar-refractivity contribution < 1.29 is 13.2 Å². The molecule has 0 saturated heterocycles. The van der Waals surface area contributed by atoms with Gasteiger partial charge in [-0.2, -0.15) is 13.2 Å². The Morgan fingerprint density at radius 3 is 2.18 bits per heavy atom. The third-order valence-corrected chi connectivity index (χ3v) is 3.43. The summed E-state index contributed by atoms with van der Waals surface area (Å²) >= 11 is 0. The number of nitrogens with one attached hydrogen (secondary N) is 1. The van der Waals surface area contributed by atoms with E-state index in [0.29, 0.717) is 18.5 Å². The van der Waals surface area contributed by atoms with Gasteiger partial charge in [0.25, 0.3) is 0 Å². The number of anilines is 2. The monoisotopic (exact) mass is 308 g/mol. The maximum absolute atomic E-state index is 12.9. The number of hydrogen-bond acceptors (Lipinski definition) is 2. The Morgan fingerprint density at radius 2 is 1.59 bits per heavy atom. The van der Waals surface area contributed by atoms with Crippen molar-refractivity contribution in [2.75, 3.05) is 30.9 Å². The highest BCUT2D eigenvalue weighted by Crippen LogP contribution is 2.32. The first-order valence-electron chi connectivity index (χ1n) is 7.04. The Kier molecular flexibility index (Phi) is 4.96. The van der Waals surface area contributed by atoms with Gasteiger partial charge in [-0.05, 0) is 42.3 Å². The fraction of sp³-hybridized carbons (Fsp3) is 0.294. The zero-order chi connectivity index (χ0) is 16.2. The normalized spacial score (nSPS) is 11.3. The van der Waals surface area contributed by atoms with Gasteiger partial charge in [-0.25, -0.2) is 0 Å². The summed E-state index contributed by atoms with van der Waals surface area (Å²) in [5.41, 5.74) is 1.73. The van der Waals surface area contributed by atoms with Crippen LogP contribution in [0.2, 0.25) is 0 Å². The topological polar surface area (TPSA) is 15.3 Å². The molecule has 0 amide bonds. The molecule has 5 heteroatoms. The van der Waals surface area contributed by atoms with Crippen molar-refractivity contribution in [2.45, 2.75) is 12.6 Å². The molecule has 2 rings (SSSR count). The smallest absolute Gasteiger partial charge is 0.385 e. The molecule has 0 aliphatic carbocycles. The van der Waals surface area contributed by atoms with Crippen molar-refractivity contribution in [1.82, 2.24) is 0 Å². The van der Waals surface area contributed by atoms with E-state index in [4.69, 9.17) is 0 Å². The lowest BCUT2D eigenvalue weighted by atomic mass is 10.0. The molecule has 2 aromatic rings. The summed E-state index contributed by atoms with van der Waals surface area (Å²) in [5.74, 6) is 0. The number of nitrogens with zero attached hydrogens (tertiary/aromatic N) is 1. The summed E-state index contributed by atoms with van der Waals surface area (Å²) in [4.78, 5) is 1.99. The molecule has 0 aliphatic rings. The van der Waals surface area contributed by atoms with Gasteiger partial charge >= 0.3 is 6.18 Å². The number of alkyl halides is 3. The molecule has 118 valence electrons. The van der Waals surface area contributed by atoms with E-state index in [2.05, 4.69) is 5.32 Å². The Bertz CT molecular complexity index is 604. The van der Waals surface area contributed by atoms with Crippen LogP contribution >= 0.6 is 0 Å². The Labute approximate surface area is 128 Å². The van der Waals surface area contributed by atoms with Crippen molar-refractivity contribution >= 4 is 11.4 Å². The lowest BCUT2D eigenvalue weighted by molar-refractivity contribution is -0.138. The zero-order valence-electron chi connectivity index (χ0n) is 12.6. The summed E-state index contributed by atoms with van der Waals surface area (Å²) in [6.45, 7) is 0.453. The van der Waals surface area contributed by atoms with E-state index in [0.717, 1.165) is 17.4 Å². The van der Waals surface area contributed by atoms with E-state index in [9.17, 15) is 13.2 Å². The van der Waals surface area contributed by atoms with Gasteiger partial charge < -0.3 is 10.2 Å². The molecule has 0 aliphatic heterocycles. The average Bonchev–Trinajstić information content (AvgIpc) is 2.47. The molecule has 0 unspecified atom stereocenters. The molecule has 0 spiro atoms. The molecule has 1 N–H and O–H groups in total. The summed E-state index contributed by atoms with van der Waals surface area (Å²) in [7, 11) is 3.91. The second kappa shape index (κ2) is 6.73. The second-order valence-corrected chi connectivity index (χ2v) is 5.27. The van der Waals surface area contributed by atoms with Crippen LogP contribution in [0.4, 0.5) is 24.5 Å². The second-order valence-electron chi connectivity index (χ2n) is 5.27. The van der Waals surface area contributed by atoms with E-state index in [-0.39, 0.29) is 0 Å². The lowest BCUT2D eigenvalue weighted by Gasteiger charge is -2.15. The lowest BCUT2D eigenvalue weighted by Crippen LogP contribution is -2.12. The van der Waals surface area contributed by atoms with Crippen LogP contribution in [0, 0.1) is 0 Å². The van der Waals surface area contributed by atoms with Crippen LogP contribution in [0.5, 0.6) is 0 Å². The maximum Gasteiger partial charge on any atom is 0.416 e. The Hall–Kier alpha value is -2.17. The van der Waals surface area contributed by atoms with Crippen molar-refractivity contribution in [2.24, 2.45) is 0 Å². The van der Waals surface area contributed by atoms with Gasteiger partial charge in [-0.15, -0.1) is 0 Å². The van der Waals surface area contributed by atoms with Crippen LogP contribution < -0.4 is 10.2 Å². The highest BCUT2D eigenvalue weighted by atomic mass is 19.4. The standard InChI is InChI=1S/C17H19F3N2/c1-22(2)15-9-7-14(8-10-15)21-12-11-13-5-3-4-6-16(13)17(18,19)20/h3-10,21H,11-12H2,1-2H3.